The fourth-order valence-corrected chi connectivity index (χ4v) is 5.91. The van der Waals surface area contributed by atoms with E-state index in [2.05, 4.69) is 31.5 Å². The Bertz CT molecular complexity index is 1110. The van der Waals surface area contributed by atoms with E-state index in [9.17, 15) is 9.90 Å². The lowest BCUT2D eigenvalue weighted by Gasteiger charge is -2.54. The Labute approximate surface area is 193 Å². The Morgan fingerprint density at radius 3 is 2.82 bits per heavy atom. The highest BCUT2D eigenvalue weighted by Gasteiger charge is 2.43. The van der Waals surface area contributed by atoms with Crippen LogP contribution in [0.3, 0.4) is 0 Å². The van der Waals surface area contributed by atoms with Crippen molar-refractivity contribution in [2.75, 3.05) is 30.4 Å². The maximum atomic E-state index is 11.8. The Kier molecular flexibility index (Phi) is 5.07. The number of nitrogens with one attached hydrogen (secondary N) is 2. The van der Waals surface area contributed by atoms with Crippen LogP contribution in [0.15, 0.2) is 36.2 Å². The number of anilines is 2. The fraction of sp³-hybridized carbons (Fsp3) is 0.480. The average Bonchev–Trinajstić information content (AvgIpc) is 3.30. The zero-order chi connectivity index (χ0) is 22.5. The van der Waals surface area contributed by atoms with E-state index in [1.54, 1.807) is 13.1 Å². The molecule has 1 unspecified atom stereocenters. The zero-order valence-electron chi connectivity index (χ0n) is 18.9. The fourth-order valence-electron chi connectivity index (χ4n) is 5.91. The van der Waals surface area contributed by atoms with Crippen molar-refractivity contribution >= 4 is 22.9 Å². The number of fused-ring (bicyclic) bond motifs is 3. The smallest absolute Gasteiger partial charge is 0.269 e. The summed E-state index contributed by atoms with van der Waals surface area (Å²) in [7, 11) is 1.62. The zero-order valence-corrected chi connectivity index (χ0v) is 18.9. The minimum absolute atomic E-state index is 0.158. The van der Waals surface area contributed by atoms with Crippen LogP contribution in [0.2, 0.25) is 0 Å². The molecule has 2 aromatic rings. The van der Waals surface area contributed by atoms with Crippen LogP contribution in [0, 0.1) is 0 Å². The number of aliphatic hydroxyl groups excluding tert-OH is 1. The molecule has 4 heterocycles. The summed E-state index contributed by atoms with van der Waals surface area (Å²) >= 11 is 0. The lowest BCUT2D eigenvalue weighted by molar-refractivity contribution is 0.0658. The molecule has 33 heavy (non-hydrogen) atoms. The second-order valence-corrected chi connectivity index (χ2v) is 9.50. The molecule has 8 heteroatoms. The monoisotopic (exact) mass is 446 g/mol. The topological polar surface area (TPSA) is 93.6 Å². The third kappa shape index (κ3) is 3.48. The van der Waals surface area contributed by atoms with Gasteiger partial charge in [0.15, 0.2) is 0 Å². The molecular formula is C25H30N6O2. The van der Waals surface area contributed by atoms with Gasteiger partial charge in [0.2, 0.25) is 0 Å². The molecule has 2 aromatic heterocycles. The van der Waals surface area contributed by atoms with Gasteiger partial charge in [0.25, 0.3) is 5.91 Å². The van der Waals surface area contributed by atoms with Crippen LogP contribution < -0.4 is 15.5 Å². The summed E-state index contributed by atoms with van der Waals surface area (Å²) < 4.78 is 0. The third-order valence-electron chi connectivity index (χ3n) is 7.74. The predicted octanol–water partition coefficient (Wildman–Crippen LogP) is 2.37. The molecule has 3 N–H and O–H groups in total. The van der Waals surface area contributed by atoms with Gasteiger partial charge in [-0.3, -0.25) is 14.7 Å². The van der Waals surface area contributed by atoms with Gasteiger partial charge in [-0.15, -0.1) is 0 Å². The van der Waals surface area contributed by atoms with Gasteiger partial charge in [0.1, 0.15) is 11.9 Å². The molecule has 2 fully saturated rings. The van der Waals surface area contributed by atoms with Crippen molar-refractivity contribution in [1.29, 1.82) is 0 Å². The van der Waals surface area contributed by atoms with E-state index >= 15 is 0 Å². The van der Waals surface area contributed by atoms with E-state index in [0.29, 0.717) is 17.8 Å². The van der Waals surface area contributed by atoms with Gasteiger partial charge in [0.05, 0.1) is 23.3 Å². The van der Waals surface area contributed by atoms with E-state index in [1.165, 1.54) is 24.0 Å². The standard InChI is InChI=1S/C25H30N6O2/c1-26-25(33)19-6-5-16(13-27-19)31-10-9-30(21-7-8-22(21)31)14-15-11-20-23(28-12-15)17-3-2-4-18(17)24(32)29-20/h5-6,11-13,21-22,24,29,32H,2-4,7-10,14H2,1H3,(H,26,33)/t21-,22+,24?/m0/s1. The Morgan fingerprint density at radius 1 is 1.18 bits per heavy atom. The van der Waals surface area contributed by atoms with E-state index in [0.717, 1.165) is 61.5 Å². The summed E-state index contributed by atoms with van der Waals surface area (Å²) in [6.45, 7) is 2.78. The highest BCUT2D eigenvalue weighted by molar-refractivity contribution is 5.92. The summed E-state index contributed by atoms with van der Waals surface area (Å²) in [5.41, 5.74) is 7.07. The molecule has 1 saturated heterocycles. The van der Waals surface area contributed by atoms with Crippen molar-refractivity contribution in [3.63, 3.8) is 0 Å². The first-order valence-electron chi connectivity index (χ1n) is 12.0. The van der Waals surface area contributed by atoms with E-state index < -0.39 is 6.23 Å². The molecular weight excluding hydrogens is 416 g/mol. The van der Waals surface area contributed by atoms with Crippen molar-refractivity contribution in [3.8, 4) is 0 Å². The molecule has 172 valence electrons. The second-order valence-electron chi connectivity index (χ2n) is 9.50. The van der Waals surface area contributed by atoms with Gasteiger partial charge in [-0.1, -0.05) is 0 Å². The maximum Gasteiger partial charge on any atom is 0.269 e. The Balaban J connectivity index is 1.16. The molecule has 1 amide bonds. The van der Waals surface area contributed by atoms with Crippen LogP contribution in [0.1, 0.15) is 53.8 Å². The summed E-state index contributed by atoms with van der Waals surface area (Å²) in [4.78, 5) is 26.0. The van der Waals surface area contributed by atoms with Gasteiger partial charge in [0, 0.05) is 45.0 Å². The number of piperazine rings is 1. The van der Waals surface area contributed by atoms with Gasteiger partial charge in [-0.25, -0.2) is 4.98 Å². The Morgan fingerprint density at radius 2 is 2.06 bits per heavy atom. The number of hydrogen-bond acceptors (Lipinski definition) is 7. The third-order valence-corrected chi connectivity index (χ3v) is 7.74. The number of pyridine rings is 2. The first kappa shape index (κ1) is 20.6. The number of nitrogens with zero attached hydrogens (tertiary/aromatic N) is 4. The summed E-state index contributed by atoms with van der Waals surface area (Å²) in [5.74, 6) is -0.158. The molecule has 6 rings (SSSR count). The van der Waals surface area contributed by atoms with Crippen LogP contribution in [0.5, 0.6) is 0 Å². The molecule has 0 aromatic carbocycles. The summed E-state index contributed by atoms with van der Waals surface area (Å²) in [6, 6.07) is 6.98. The minimum atomic E-state index is -0.574. The minimum Gasteiger partial charge on any atom is -0.370 e. The molecule has 2 aliphatic carbocycles. The number of allylic oxidation sites excluding steroid dienone is 1. The first-order valence-corrected chi connectivity index (χ1v) is 12.0. The highest BCUT2D eigenvalue weighted by Crippen LogP contribution is 2.42. The van der Waals surface area contributed by atoms with Gasteiger partial charge in [-0.05, 0) is 67.0 Å². The summed E-state index contributed by atoms with van der Waals surface area (Å²) in [6.07, 6.45) is 8.71. The Hall–Kier alpha value is -2.97. The summed E-state index contributed by atoms with van der Waals surface area (Å²) in [5, 5.41) is 16.4. The lowest BCUT2D eigenvalue weighted by atomic mass is 9.81. The van der Waals surface area contributed by atoms with Crippen molar-refractivity contribution in [2.24, 2.45) is 0 Å². The van der Waals surface area contributed by atoms with E-state index in [-0.39, 0.29) is 5.91 Å². The van der Waals surface area contributed by atoms with Crippen LogP contribution in [0.25, 0.3) is 5.57 Å². The van der Waals surface area contributed by atoms with E-state index in [4.69, 9.17) is 4.98 Å². The molecule has 2 aliphatic heterocycles. The number of rotatable bonds is 4. The molecule has 1 saturated carbocycles. The second kappa shape index (κ2) is 8.11. The lowest BCUT2D eigenvalue weighted by Crippen LogP contribution is -2.64. The van der Waals surface area contributed by atoms with Crippen molar-refractivity contribution in [2.45, 2.75) is 57.0 Å². The average molecular weight is 447 g/mol. The molecule has 8 nitrogen and oxygen atoms in total. The van der Waals surface area contributed by atoms with Crippen LogP contribution in [-0.4, -0.2) is 64.3 Å². The molecule has 4 aliphatic rings. The van der Waals surface area contributed by atoms with Crippen LogP contribution in [0.4, 0.5) is 11.4 Å². The molecule has 0 radical (unpaired) electrons. The quantitative estimate of drug-likeness (QED) is 0.664. The number of carbonyl (C=O) groups is 1. The SMILES string of the molecule is CNC(=O)c1ccc(N2CCN(Cc3cnc4c(c3)NC(O)C3=C4CCC3)[C@H]3CC[C@H]32)cn1. The van der Waals surface area contributed by atoms with Crippen LogP contribution >= 0.6 is 0 Å². The predicted molar refractivity (Wildman–Crippen MR) is 127 cm³/mol. The van der Waals surface area contributed by atoms with Gasteiger partial charge in [-0.2, -0.15) is 0 Å². The van der Waals surface area contributed by atoms with Crippen molar-refractivity contribution in [1.82, 2.24) is 20.2 Å². The number of hydrogen-bond donors (Lipinski definition) is 3. The van der Waals surface area contributed by atoms with Gasteiger partial charge >= 0.3 is 0 Å². The van der Waals surface area contributed by atoms with E-state index in [1.807, 2.05) is 18.5 Å². The molecule has 3 atom stereocenters. The normalized spacial score (nSPS) is 26.1. The van der Waals surface area contributed by atoms with Crippen molar-refractivity contribution in [3.05, 3.63) is 53.1 Å². The van der Waals surface area contributed by atoms with Gasteiger partial charge < -0.3 is 20.6 Å². The number of carbonyl (C=O) groups excluding carboxylic acids is 1. The van der Waals surface area contributed by atoms with Crippen molar-refractivity contribution < 1.29 is 9.90 Å². The number of aromatic nitrogens is 2. The number of amides is 1. The maximum absolute atomic E-state index is 11.8. The largest absolute Gasteiger partial charge is 0.370 e. The van der Waals surface area contributed by atoms with Crippen LogP contribution in [-0.2, 0) is 6.54 Å². The number of aliphatic hydroxyl groups is 1. The molecule has 0 spiro atoms. The first-order chi connectivity index (χ1) is 16.1. The molecule has 0 bridgehead atoms. The highest BCUT2D eigenvalue weighted by atomic mass is 16.3.